The molecule has 1 unspecified atom stereocenters. The van der Waals surface area contributed by atoms with Crippen LogP contribution in [0.3, 0.4) is 0 Å². The number of benzene rings is 1. The molecule has 0 spiro atoms. The molecule has 1 heterocycles. The van der Waals surface area contributed by atoms with E-state index in [1.807, 2.05) is 25.2 Å². The van der Waals surface area contributed by atoms with Crippen molar-refractivity contribution in [1.29, 1.82) is 0 Å². The molecule has 0 saturated carbocycles. The topological polar surface area (TPSA) is 21.3 Å². The summed E-state index contributed by atoms with van der Waals surface area (Å²) in [6, 6.07) is 12.4. The van der Waals surface area contributed by atoms with Gasteiger partial charge in [-0.2, -0.15) is 0 Å². The minimum absolute atomic E-state index is 0.273. The van der Waals surface area contributed by atoms with Crippen LogP contribution in [0.2, 0.25) is 4.34 Å². The van der Waals surface area contributed by atoms with Crippen LogP contribution in [0.4, 0.5) is 0 Å². The largest absolute Gasteiger partial charge is 0.497 e. The van der Waals surface area contributed by atoms with Crippen LogP contribution in [0.1, 0.15) is 16.5 Å². The van der Waals surface area contributed by atoms with E-state index in [0.717, 1.165) is 16.5 Å². The number of halogens is 1. The standard InChI is InChI=1S/C14H16ClNOS/c1-16-13(9-12-6-7-14(15)18-12)10-4-3-5-11(8-10)17-2/h3-8,13,16H,9H2,1-2H3. The molecule has 0 amide bonds. The second kappa shape index (κ2) is 6.23. The van der Waals surface area contributed by atoms with E-state index in [4.69, 9.17) is 16.3 Å². The predicted octanol–water partition coefficient (Wildman–Crippen LogP) is 3.91. The van der Waals surface area contributed by atoms with Crippen LogP contribution in [0.25, 0.3) is 0 Å². The van der Waals surface area contributed by atoms with Crippen molar-refractivity contribution >= 4 is 22.9 Å². The van der Waals surface area contributed by atoms with E-state index in [-0.39, 0.29) is 6.04 Å². The summed E-state index contributed by atoms with van der Waals surface area (Å²) in [5, 5.41) is 3.34. The van der Waals surface area contributed by atoms with E-state index in [9.17, 15) is 0 Å². The van der Waals surface area contributed by atoms with Crippen LogP contribution < -0.4 is 10.1 Å². The van der Waals surface area contributed by atoms with Crippen molar-refractivity contribution in [3.8, 4) is 5.75 Å². The van der Waals surface area contributed by atoms with Crippen LogP contribution >= 0.6 is 22.9 Å². The summed E-state index contributed by atoms with van der Waals surface area (Å²) in [6.45, 7) is 0. The molecule has 4 heteroatoms. The Hall–Kier alpha value is -1.03. The zero-order valence-electron chi connectivity index (χ0n) is 10.4. The molecule has 0 fully saturated rings. The number of ether oxygens (including phenoxy) is 1. The Morgan fingerprint density at radius 3 is 2.78 bits per heavy atom. The van der Waals surface area contributed by atoms with Gasteiger partial charge in [0.2, 0.25) is 0 Å². The van der Waals surface area contributed by atoms with Crippen LogP contribution in [0.5, 0.6) is 5.75 Å². The third-order valence-corrected chi connectivity index (χ3v) is 4.13. The first-order chi connectivity index (χ1) is 8.72. The molecular formula is C14H16ClNOS. The minimum atomic E-state index is 0.273. The van der Waals surface area contributed by atoms with Gasteiger partial charge in [-0.25, -0.2) is 0 Å². The summed E-state index contributed by atoms with van der Waals surface area (Å²) in [7, 11) is 3.66. The third-order valence-electron chi connectivity index (χ3n) is 2.88. The lowest BCUT2D eigenvalue weighted by atomic mass is 10.0. The fraction of sp³-hybridized carbons (Fsp3) is 0.286. The lowest BCUT2D eigenvalue weighted by Crippen LogP contribution is -2.18. The van der Waals surface area contributed by atoms with Crippen molar-refractivity contribution < 1.29 is 4.74 Å². The third kappa shape index (κ3) is 3.25. The fourth-order valence-electron chi connectivity index (χ4n) is 1.91. The zero-order chi connectivity index (χ0) is 13.0. The maximum absolute atomic E-state index is 5.96. The summed E-state index contributed by atoms with van der Waals surface area (Å²) in [4.78, 5) is 1.28. The van der Waals surface area contributed by atoms with Gasteiger partial charge in [0, 0.05) is 17.3 Å². The predicted molar refractivity (Wildman–Crippen MR) is 77.8 cm³/mol. The number of nitrogens with one attached hydrogen (secondary N) is 1. The van der Waals surface area contributed by atoms with Crippen LogP contribution in [-0.4, -0.2) is 14.2 Å². The van der Waals surface area contributed by atoms with Crippen molar-refractivity contribution in [1.82, 2.24) is 5.32 Å². The van der Waals surface area contributed by atoms with Crippen molar-refractivity contribution in [3.63, 3.8) is 0 Å². The van der Waals surface area contributed by atoms with Crippen molar-refractivity contribution in [2.24, 2.45) is 0 Å². The Morgan fingerprint density at radius 1 is 1.33 bits per heavy atom. The molecule has 2 aromatic rings. The van der Waals surface area contributed by atoms with Gasteiger partial charge in [0.1, 0.15) is 5.75 Å². The summed E-state index contributed by atoms with van der Waals surface area (Å²) in [5.41, 5.74) is 1.22. The Balaban J connectivity index is 2.17. The van der Waals surface area contributed by atoms with Crippen LogP contribution in [-0.2, 0) is 6.42 Å². The highest BCUT2D eigenvalue weighted by Crippen LogP contribution is 2.27. The van der Waals surface area contributed by atoms with Gasteiger partial charge in [-0.05, 0) is 36.9 Å². The Bertz CT molecular complexity index is 512. The molecule has 1 aromatic carbocycles. The molecule has 0 aliphatic rings. The summed E-state index contributed by atoms with van der Waals surface area (Å²) < 4.78 is 6.10. The number of thiophene rings is 1. The van der Waals surface area contributed by atoms with Crippen molar-refractivity contribution in [2.75, 3.05) is 14.2 Å². The number of hydrogen-bond donors (Lipinski definition) is 1. The van der Waals surface area contributed by atoms with E-state index >= 15 is 0 Å². The zero-order valence-corrected chi connectivity index (χ0v) is 12.0. The van der Waals surface area contributed by atoms with Gasteiger partial charge in [0.05, 0.1) is 11.4 Å². The van der Waals surface area contributed by atoms with E-state index in [1.165, 1.54) is 10.4 Å². The highest BCUT2D eigenvalue weighted by atomic mass is 35.5. The van der Waals surface area contributed by atoms with Gasteiger partial charge in [0.25, 0.3) is 0 Å². The maximum atomic E-state index is 5.96. The molecule has 0 radical (unpaired) electrons. The summed E-state index contributed by atoms with van der Waals surface area (Å²) in [5.74, 6) is 0.886. The molecule has 1 N–H and O–H groups in total. The molecule has 0 aliphatic carbocycles. The van der Waals surface area contributed by atoms with Gasteiger partial charge in [-0.1, -0.05) is 23.7 Å². The molecule has 96 valence electrons. The maximum Gasteiger partial charge on any atom is 0.119 e. The highest BCUT2D eigenvalue weighted by Gasteiger charge is 2.12. The molecular weight excluding hydrogens is 266 g/mol. The van der Waals surface area contributed by atoms with Gasteiger partial charge in [0.15, 0.2) is 0 Å². The molecule has 0 saturated heterocycles. The summed E-state index contributed by atoms with van der Waals surface area (Å²) >= 11 is 7.59. The minimum Gasteiger partial charge on any atom is -0.497 e. The lowest BCUT2D eigenvalue weighted by Gasteiger charge is -2.16. The molecule has 2 rings (SSSR count). The van der Waals surface area contributed by atoms with E-state index in [0.29, 0.717) is 0 Å². The fourth-order valence-corrected chi connectivity index (χ4v) is 3.04. The first-order valence-corrected chi connectivity index (χ1v) is 6.98. The van der Waals surface area contributed by atoms with Gasteiger partial charge in [-0.3, -0.25) is 0 Å². The smallest absolute Gasteiger partial charge is 0.119 e. The Labute approximate surface area is 117 Å². The number of methoxy groups -OCH3 is 1. The Morgan fingerprint density at radius 2 is 2.17 bits per heavy atom. The lowest BCUT2D eigenvalue weighted by molar-refractivity contribution is 0.413. The van der Waals surface area contributed by atoms with Crippen LogP contribution in [0, 0.1) is 0 Å². The molecule has 0 bridgehead atoms. The average Bonchev–Trinajstić information content (AvgIpc) is 2.81. The number of likely N-dealkylation sites (N-methyl/N-ethyl adjacent to an activating group) is 1. The Kier molecular flexibility index (Phi) is 4.64. The van der Waals surface area contributed by atoms with E-state index in [1.54, 1.807) is 18.4 Å². The van der Waals surface area contributed by atoms with Gasteiger partial charge in [-0.15, -0.1) is 11.3 Å². The van der Waals surface area contributed by atoms with Crippen molar-refractivity contribution in [3.05, 3.63) is 51.2 Å². The monoisotopic (exact) mass is 281 g/mol. The first-order valence-electron chi connectivity index (χ1n) is 5.78. The molecule has 1 atom stereocenters. The molecule has 1 aromatic heterocycles. The summed E-state index contributed by atoms with van der Waals surface area (Å²) in [6.07, 6.45) is 0.932. The number of hydrogen-bond acceptors (Lipinski definition) is 3. The average molecular weight is 282 g/mol. The second-order valence-electron chi connectivity index (χ2n) is 4.03. The quantitative estimate of drug-likeness (QED) is 0.897. The molecule has 0 aliphatic heterocycles. The van der Waals surface area contributed by atoms with Crippen molar-refractivity contribution in [2.45, 2.75) is 12.5 Å². The molecule has 2 nitrogen and oxygen atoms in total. The highest BCUT2D eigenvalue weighted by molar-refractivity contribution is 7.16. The van der Waals surface area contributed by atoms with Gasteiger partial charge < -0.3 is 10.1 Å². The van der Waals surface area contributed by atoms with Gasteiger partial charge >= 0.3 is 0 Å². The number of rotatable bonds is 5. The first kappa shape index (κ1) is 13.4. The van der Waals surface area contributed by atoms with Crippen LogP contribution in [0.15, 0.2) is 36.4 Å². The second-order valence-corrected chi connectivity index (χ2v) is 5.83. The van der Waals surface area contributed by atoms with E-state index in [2.05, 4.69) is 23.5 Å². The molecule has 18 heavy (non-hydrogen) atoms. The SMILES string of the molecule is CNC(Cc1ccc(Cl)s1)c1cccc(OC)c1. The van der Waals surface area contributed by atoms with E-state index < -0.39 is 0 Å². The normalized spacial score (nSPS) is 12.4.